The average molecular weight is 1530 g/mol. The molecule has 0 radical (unpaired) electrons. The van der Waals surface area contributed by atoms with Crippen LogP contribution in [-0.2, 0) is 0 Å². The van der Waals surface area contributed by atoms with Crippen molar-refractivity contribution in [3.05, 3.63) is 123 Å². The third kappa shape index (κ3) is 19.3. The highest BCUT2D eigenvalue weighted by atomic mass is 79.9. The monoisotopic (exact) mass is 1530 g/mol. The normalized spacial score (nSPS) is 11.3. The second-order valence-corrected chi connectivity index (χ2v) is 20.6. The number of fused-ring (bicyclic) bond motifs is 3. The summed E-state index contributed by atoms with van der Waals surface area (Å²) in [6, 6.07) is 24.3. The number of nitrogens with one attached hydrogen (secondary N) is 3. The fraction of sp³-hybridized carbons (Fsp3) is 0.258. The maximum absolute atomic E-state index is 11.4. The molecule has 0 saturated heterocycles. The molecule has 1 amide bonds. The number of carbonyl (C=O) groups is 3. The summed E-state index contributed by atoms with van der Waals surface area (Å²) >= 11 is 11.9. The Hall–Kier alpha value is -11.8. The fourth-order valence-electron chi connectivity index (χ4n) is 9.05. The van der Waals surface area contributed by atoms with Gasteiger partial charge in [0.05, 0.1) is 90.6 Å². The summed E-state index contributed by atoms with van der Waals surface area (Å²) in [5, 5.41) is 25.4. The number of H-pyrrole nitrogens is 2. The van der Waals surface area contributed by atoms with E-state index in [1.54, 1.807) is 80.6 Å². The van der Waals surface area contributed by atoms with Gasteiger partial charge in [0.2, 0.25) is 42.5 Å². The van der Waals surface area contributed by atoms with Gasteiger partial charge in [-0.1, -0.05) is 21.0 Å². The molecule has 102 heavy (non-hydrogen) atoms. The van der Waals surface area contributed by atoms with Gasteiger partial charge in [-0.25, -0.2) is 25.6 Å². The number of methoxy groups -OCH3 is 12. The number of halogens is 3. The topological polar surface area (TPSA) is 477 Å². The molecule has 40 heteroatoms. The number of amides is 1. The lowest BCUT2D eigenvalue weighted by atomic mass is 10.1. The molecular formula is C62H69BrCl2N14O23. The van der Waals surface area contributed by atoms with Gasteiger partial charge in [-0.3, -0.25) is 31.5 Å². The number of hydrogen-bond acceptors (Lipinski definition) is 32. The van der Waals surface area contributed by atoms with Gasteiger partial charge >= 0.3 is 22.2 Å². The Morgan fingerprint density at radius 2 is 0.941 bits per heavy atom. The van der Waals surface area contributed by atoms with Crippen molar-refractivity contribution in [3.8, 4) is 132 Å². The predicted octanol–water partition coefficient (Wildman–Crippen LogP) is 6.09. The molecule has 0 fully saturated rings. The molecule has 37 nitrogen and oxygen atoms in total. The summed E-state index contributed by atoms with van der Waals surface area (Å²) in [5.74, 6) is 26.7. The van der Waals surface area contributed by atoms with Crippen LogP contribution in [0.15, 0.2) is 104 Å². The zero-order valence-corrected chi connectivity index (χ0v) is 59.5. The van der Waals surface area contributed by atoms with Gasteiger partial charge < -0.3 is 90.8 Å². The van der Waals surface area contributed by atoms with E-state index in [4.69, 9.17) is 107 Å². The third-order valence-electron chi connectivity index (χ3n) is 13.7. The zero-order valence-electron chi connectivity index (χ0n) is 56.4. The highest BCUT2D eigenvalue weighted by Crippen LogP contribution is 2.44. The summed E-state index contributed by atoms with van der Waals surface area (Å²) in [4.78, 5) is 53.8. The molecule has 0 aliphatic carbocycles. The summed E-state index contributed by atoms with van der Waals surface area (Å²) in [6.45, 7) is 0.705. The molecule has 6 aromatic carbocycles. The standard InChI is InChI=1S/C20H18N4O6.C11H14N4O4.C11H12N2O5.C10H14N2O4.C9H7BrO3.CCl2O.H4N2/c1-25-16-7-12(8-17(26-2)18(16)27-3)19-21-22-20-24(19)23-13(9-28-20)11-4-5-14-15(6-11)30-10-29-14;1-17-7-4-6(5-8(18-2)9(7)19-3)10-13-14-11(16)15(10)12;1-15-7-4-6(10-12-13-11(14)18-10)5-8(16-2)9(7)17-3;1-14-7-4-6(10(13)12-11)5-8(15-2)9(7)16-3;10-4-7(11)6-1-2-8-9(3-6)13-5-12-8;2-1(3)4;1-2/h4-8H,9-10H2,1-3H3;4-5H,12H2,1-3H3,(H,14,16);4-5H,1-3H3,(H,13,14);4-5H,11H2,1-3H3,(H,12,13);1-3H,4-5H2;;1-2H2. The molecule has 0 atom stereocenters. The molecule has 0 saturated carbocycles. The number of nitrogens with zero attached hydrogens (tertiary/aromatic N) is 7. The molecule has 12 rings (SSSR count). The third-order valence-corrected chi connectivity index (χ3v) is 14.2. The second kappa shape index (κ2) is 38.5. The van der Waals surface area contributed by atoms with Crippen LogP contribution in [0.5, 0.6) is 98.0 Å². The Bertz CT molecular complexity index is 4400. The lowest BCUT2D eigenvalue weighted by Gasteiger charge is -2.16. The second-order valence-electron chi connectivity index (χ2n) is 19.1. The summed E-state index contributed by atoms with van der Waals surface area (Å²) in [7, 11) is 18.1. The molecule has 6 heterocycles. The van der Waals surface area contributed by atoms with E-state index in [1.165, 1.54) is 76.1 Å². The van der Waals surface area contributed by atoms with Crippen molar-refractivity contribution in [2.24, 2.45) is 22.6 Å². The number of hydrazine groups is 2. The molecule has 3 aliphatic rings. The lowest BCUT2D eigenvalue weighted by Crippen LogP contribution is -2.30. The van der Waals surface area contributed by atoms with Gasteiger partial charge in [-0.15, -0.1) is 10.2 Å². The Morgan fingerprint density at radius 3 is 1.34 bits per heavy atom. The first kappa shape index (κ1) is 79.1. The molecule has 0 spiro atoms. The van der Waals surface area contributed by atoms with Gasteiger partial charge in [0.25, 0.3) is 5.91 Å². The maximum atomic E-state index is 11.4. The first-order valence-electron chi connectivity index (χ1n) is 28.7. The zero-order chi connectivity index (χ0) is 74.7. The van der Waals surface area contributed by atoms with Crippen LogP contribution in [0.3, 0.4) is 0 Å². The van der Waals surface area contributed by atoms with E-state index in [9.17, 15) is 19.2 Å². The highest BCUT2D eigenvalue weighted by Gasteiger charge is 2.27. The van der Waals surface area contributed by atoms with Crippen molar-refractivity contribution in [3.63, 3.8) is 0 Å². The summed E-state index contributed by atoms with van der Waals surface area (Å²) in [6.07, 6.45) is 0. The maximum Gasteiger partial charge on any atom is 0.434 e. The number of nitrogens with two attached hydrogens (primary N) is 4. The van der Waals surface area contributed by atoms with Crippen LogP contribution < -0.4 is 121 Å². The summed E-state index contributed by atoms with van der Waals surface area (Å²) in [5.41, 5.74) is 5.84. The van der Waals surface area contributed by atoms with Crippen LogP contribution in [0.2, 0.25) is 0 Å². The van der Waals surface area contributed by atoms with Gasteiger partial charge in [0.1, 0.15) is 12.3 Å². The smallest absolute Gasteiger partial charge is 0.434 e. The first-order valence-corrected chi connectivity index (χ1v) is 30.6. The number of Topliss-reactive ketones (excluding diaryl/α,β-unsaturated/α-hetero) is 1. The van der Waals surface area contributed by atoms with Gasteiger partial charge in [0.15, 0.2) is 86.4 Å². The Kier molecular flexibility index (Phi) is 29.9. The van der Waals surface area contributed by atoms with E-state index in [-0.39, 0.29) is 37.7 Å². The number of aromatic nitrogens is 8. The largest absolute Gasteiger partial charge is 0.493 e. The van der Waals surface area contributed by atoms with Gasteiger partial charge in [0, 0.05) is 33.4 Å². The highest BCUT2D eigenvalue weighted by molar-refractivity contribution is 9.09. The first-order chi connectivity index (χ1) is 49.2. The molecule has 0 unspecified atom stereocenters. The predicted molar refractivity (Wildman–Crippen MR) is 369 cm³/mol. The van der Waals surface area contributed by atoms with Crippen LogP contribution in [0.1, 0.15) is 26.3 Å². The molecule has 0 bridgehead atoms. The molecule has 9 aromatic rings. The van der Waals surface area contributed by atoms with Crippen LogP contribution in [0, 0.1) is 0 Å². The van der Waals surface area contributed by atoms with Crippen LogP contribution in [-0.4, -0.2) is 173 Å². The molecule has 11 N–H and O–H groups in total. The van der Waals surface area contributed by atoms with Gasteiger partial charge in [-0.05, 0) is 108 Å². The van der Waals surface area contributed by atoms with Crippen molar-refractivity contribution < 1.29 is 99.3 Å². The number of alkyl halides is 1. The van der Waals surface area contributed by atoms with Crippen LogP contribution >= 0.6 is 39.1 Å². The van der Waals surface area contributed by atoms with Crippen molar-refractivity contribution in [1.29, 1.82) is 0 Å². The molecule has 3 aliphatic heterocycles. The van der Waals surface area contributed by atoms with Gasteiger partial charge in [-0.2, -0.15) is 19.6 Å². The average Bonchev–Trinajstić information content (AvgIpc) is 1.56. The number of ketones is 1. The van der Waals surface area contributed by atoms with E-state index < -0.39 is 22.1 Å². The van der Waals surface area contributed by atoms with E-state index in [0.717, 1.165) is 10.2 Å². The Labute approximate surface area is 597 Å². The molecule has 546 valence electrons. The van der Waals surface area contributed by atoms with E-state index in [2.05, 4.69) is 81.4 Å². The van der Waals surface area contributed by atoms with Crippen LogP contribution in [0.25, 0.3) is 34.2 Å². The summed E-state index contributed by atoms with van der Waals surface area (Å²) < 4.78 is 96.0. The minimum atomic E-state index is -0.889. The minimum absolute atomic E-state index is 0.0401. The molecule has 3 aromatic heterocycles. The quantitative estimate of drug-likeness (QED) is 0.0120. The van der Waals surface area contributed by atoms with Crippen LogP contribution in [0.4, 0.5) is 4.79 Å². The van der Waals surface area contributed by atoms with Crippen molar-refractivity contribution in [2.75, 3.05) is 117 Å². The number of rotatable bonds is 19. The number of nitrogen functional groups attached to an aromatic ring is 2. The van der Waals surface area contributed by atoms with E-state index in [0.29, 0.717) is 143 Å². The number of ether oxygens (including phenoxy) is 17. The number of carbonyl (C=O) groups excluding carboxylic acids is 3. The van der Waals surface area contributed by atoms with Crippen molar-refractivity contribution >= 4 is 61.2 Å². The van der Waals surface area contributed by atoms with E-state index in [1.807, 2.05) is 23.6 Å². The Balaban J connectivity index is 0.000000202. The number of hydrogen-bond donors (Lipinski definition) is 7. The number of benzene rings is 6. The lowest BCUT2D eigenvalue weighted by molar-refractivity contribution is 0.0951. The number of aromatic amines is 2. The van der Waals surface area contributed by atoms with Crippen molar-refractivity contribution in [1.82, 2.24) is 45.4 Å². The molecular weight excluding hydrogens is 1460 g/mol. The SMILES string of the molecule is COc1cc(-c2n[nH]c(=O)n2N)cc(OC)c1OC.COc1cc(-c2n[nH]c(=O)o2)cc(OC)c1OC.COc1cc(-c2nnc3n2N=C(c2ccc4c(c2)OCO4)CO3)cc(OC)c1OC.COc1cc(C(=O)NN)cc(OC)c1OC.NN.O=C(CBr)c1ccc2c(c1)OCO2.O=C(Cl)Cl. The minimum Gasteiger partial charge on any atom is -0.493 e. The fourth-order valence-corrected chi connectivity index (χ4v) is 9.38. The van der Waals surface area contributed by atoms with Crippen molar-refractivity contribution in [2.45, 2.75) is 0 Å². The van der Waals surface area contributed by atoms with E-state index >= 15 is 0 Å². The Morgan fingerprint density at radius 1 is 0.520 bits per heavy atom.